The van der Waals surface area contributed by atoms with Gasteiger partial charge in [-0.2, -0.15) is 5.26 Å². The predicted molar refractivity (Wildman–Crippen MR) is 154 cm³/mol. The van der Waals surface area contributed by atoms with Gasteiger partial charge in [0.05, 0.1) is 7.11 Å². The minimum Gasteiger partial charge on any atom is -0.493 e. The van der Waals surface area contributed by atoms with Gasteiger partial charge in [0.25, 0.3) is 5.91 Å². The van der Waals surface area contributed by atoms with E-state index in [1.165, 1.54) is 6.08 Å². The van der Waals surface area contributed by atoms with Gasteiger partial charge in [0.1, 0.15) is 18.2 Å². The number of halogens is 1. The summed E-state index contributed by atoms with van der Waals surface area (Å²) < 4.78 is 11.9. The topological polar surface area (TPSA) is 71.4 Å². The van der Waals surface area contributed by atoms with E-state index in [4.69, 9.17) is 21.1 Å². The number of anilines is 1. The number of nitrogens with zero attached hydrogens (tertiary/aromatic N) is 1. The first-order chi connectivity index (χ1) is 18.4. The van der Waals surface area contributed by atoms with Crippen molar-refractivity contribution in [2.45, 2.75) is 20.0 Å². The third-order valence-corrected chi connectivity index (χ3v) is 6.50. The molecule has 0 aliphatic carbocycles. The van der Waals surface area contributed by atoms with Crippen LogP contribution in [0, 0.1) is 18.3 Å². The van der Waals surface area contributed by atoms with Crippen LogP contribution in [0.25, 0.3) is 16.8 Å². The number of fused-ring (bicyclic) bond motifs is 1. The molecule has 0 unspecified atom stereocenters. The van der Waals surface area contributed by atoms with Crippen LogP contribution < -0.4 is 14.8 Å². The lowest BCUT2D eigenvalue weighted by atomic mass is 10.0. The minimum absolute atomic E-state index is 0.0577. The first kappa shape index (κ1) is 26.5. The summed E-state index contributed by atoms with van der Waals surface area (Å²) >= 11 is 6.16. The van der Waals surface area contributed by atoms with E-state index in [0.717, 1.165) is 27.5 Å². The van der Waals surface area contributed by atoms with E-state index in [-0.39, 0.29) is 5.57 Å². The molecule has 6 heteroatoms. The molecule has 4 aromatic rings. The monoisotopic (exact) mass is 522 g/mol. The van der Waals surface area contributed by atoms with Crippen LogP contribution in [0.2, 0.25) is 5.02 Å². The van der Waals surface area contributed by atoms with Crippen molar-refractivity contribution in [3.63, 3.8) is 0 Å². The molecule has 1 N–H and O–H groups in total. The van der Waals surface area contributed by atoms with Crippen molar-refractivity contribution >= 4 is 40.0 Å². The molecule has 4 rings (SSSR count). The second-order valence-corrected chi connectivity index (χ2v) is 9.13. The van der Waals surface area contributed by atoms with E-state index < -0.39 is 5.91 Å². The number of amides is 1. The Bertz CT molecular complexity index is 1580. The van der Waals surface area contributed by atoms with E-state index in [0.29, 0.717) is 40.8 Å². The van der Waals surface area contributed by atoms with Gasteiger partial charge in [-0.25, -0.2) is 0 Å². The number of carbonyl (C=O) groups is 1. The van der Waals surface area contributed by atoms with Crippen LogP contribution in [0.1, 0.15) is 22.3 Å². The predicted octanol–water partition coefficient (Wildman–Crippen LogP) is 7.66. The minimum atomic E-state index is -0.534. The molecule has 0 radical (unpaired) electrons. The molecule has 0 aliphatic heterocycles. The van der Waals surface area contributed by atoms with Gasteiger partial charge in [-0.05, 0) is 71.1 Å². The molecule has 0 fully saturated rings. The number of nitrogens with one attached hydrogen (secondary N) is 1. The Kier molecular flexibility index (Phi) is 8.47. The molecule has 0 bridgehead atoms. The molecule has 0 saturated carbocycles. The molecule has 1 amide bonds. The highest BCUT2D eigenvalue weighted by Gasteiger charge is 2.16. The van der Waals surface area contributed by atoms with E-state index in [9.17, 15) is 10.1 Å². The van der Waals surface area contributed by atoms with Gasteiger partial charge < -0.3 is 14.8 Å². The number of benzene rings is 4. The summed E-state index contributed by atoms with van der Waals surface area (Å²) in [4.78, 5) is 12.8. The lowest BCUT2D eigenvalue weighted by Gasteiger charge is -2.17. The first-order valence-corrected chi connectivity index (χ1v) is 12.4. The average Bonchev–Trinajstić information content (AvgIpc) is 2.93. The van der Waals surface area contributed by atoms with Crippen molar-refractivity contribution in [2.24, 2.45) is 0 Å². The van der Waals surface area contributed by atoms with Crippen molar-refractivity contribution in [3.05, 3.63) is 118 Å². The summed E-state index contributed by atoms with van der Waals surface area (Å²) in [5, 5.41) is 15.2. The van der Waals surface area contributed by atoms with Gasteiger partial charge in [0, 0.05) is 16.3 Å². The number of ether oxygens (including phenoxy) is 2. The summed E-state index contributed by atoms with van der Waals surface area (Å²) in [6.07, 6.45) is 3.81. The zero-order valence-electron chi connectivity index (χ0n) is 21.3. The van der Waals surface area contributed by atoms with Crippen LogP contribution in [0.5, 0.6) is 11.5 Å². The lowest BCUT2D eigenvalue weighted by Crippen LogP contribution is -2.13. The summed E-state index contributed by atoms with van der Waals surface area (Å²) in [6.45, 7) is 6.09. The summed E-state index contributed by atoms with van der Waals surface area (Å²) in [5.41, 5.74) is 3.86. The molecule has 0 aromatic heterocycles. The van der Waals surface area contributed by atoms with Crippen LogP contribution in [-0.2, 0) is 17.8 Å². The number of carbonyl (C=O) groups excluding carboxylic acids is 1. The van der Waals surface area contributed by atoms with E-state index in [2.05, 4.69) is 30.1 Å². The molecule has 0 heterocycles. The van der Waals surface area contributed by atoms with Crippen LogP contribution in [0.3, 0.4) is 0 Å². The second kappa shape index (κ2) is 12.1. The van der Waals surface area contributed by atoms with E-state index in [1.807, 2.05) is 43.3 Å². The number of hydrogen-bond acceptors (Lipinski definition) is 4. The van der Waals surface area contributed by atoms with E-state index >= 15 is 0 Å². The first-order valence-electron chi connectivity index (χ1n) is 12.0. The molecule has 0 atom stereocenters. The fourth-order valence-electron chi connectivity index (χ4n) is 4.14. The van der Waals surface area contributed by atoms with Crippen molar-refractivity contribution in [1.29, 1.82) is 5.26 Å². The van der Waals surface area contributed by atoms with Gasteiger partial charge in [-0.3, -0.25) is 4.79 Å². The normalized spacial score (nSPS) is 11.1. The van der Waals surface area contributed by atoms with Gasteiger partial charge in [0.15, 0.2) is 11.5 Å². The molecule has 4 aromatic carbocycles. The van der Waals surface area contributed by atoms with Gasteiger partial charge in [0.2, 0.25) is 0 Å². The number of nitriles is 1. The van der Waals surface area contributed by atoms with E-state index in [1.54, 1.807) is 37.5 Å². The van der Waals surface area contributed by atoms with Crippen molar-refractivity contribution < 1.29 is 14.3 Å². The Balaban J connectivity index is 1.63. The number of methoxy groups -OCH3 is 1. The zero-order valence-corrected chi connectivity index (χ0v) is 22.0. The van der Waals surface area contributed by atoms with Crippen molar-refractivity contribution in [3.8, 4) is 17.6 Å². The largest absolute Gasteiger partial charge is 0.493 e. The Morgan fingerprint density at radius 3 is 2.61 bits per heavy atom. The van der Waals surface area contributed by atoms with Gasteiger partial charge >= 0.3 is 0 Å². The highest BCUT2D eigenvalue weighted by atomic mass is 35.5. The van der Waals surface area contributed by atoms with Crippen molar-refractivity contribution in [2.75, 3.05) is 12.4 Å². The second-order valence-electron chi connectivity index (χ2n) is 8.72. The van der Waals surface area contributed by atoms with Crippen LogP contribution in [0.15, 0.2) is 91.0 Å². The Hall–Kier alpha value is -4.53. The Labute approximate surface area is 227 Å². The smallest absolute Gasteiger partial charge is 0.266 e. The Morgan fingerprint density at radius 2 is 1.87 bits per heavy atom. The molecule has 0 saturated heterocycles. The fraction of sp³-hybridized carbons (Fsp3) is 0.125. The fourth-order valence-corrected chi connectivity index (χ4v) is 4.32. The van der Waals surface area contributed by atoms with Gasteiger partial charge in [-0.15, -0.1) is 6.58 Å². The maximum Gasteiger partial charge on any atom is 0.266 e. The average molecular weight is 523 g/mol. The zero-order chi connectivity index (χ0) is 27.1. The summed E-state index contributed by atoms with van der Waals surface area (Å²) in [7, 11) is 1.56. The molecule has 0 spiro atoms. The maximum absolute atomic E-state index is 12.8. The SMILES string of the molecule is C=CCc1cc(/C=C(/C#N)C(=O)Nc2ccc(C)c(Cl)c2)cc(OC)c1OCc1cccc2ccccc12. The van der Waals surface area contributed by atoms with Crippen LogP contribution in [0.4, 0.5) is 5.69 Å². The number of rotatable bonds is 9. The highest BCUT2D eigenvalue weighted by molar-refractivity contribution is 6.31. The summed E-state index contributed by atoms with van der Waals surface area (Å²) in [6, 6.07) is 25.1. The number of aryl methyl sites for hydroxylation is 1. The number of allylic oxidation sites excluding steroid dienone is 1. The molecule has 38 heavy (non-hydrogen) atoms. The van der Waals surface area contributed by atoms with Gasteiger partial charge in [-0.1, -0.05) is 66.2 Å². The molecule has 0 aliphatic rings. The quantitative estimate of drug-likeness (QED) is 0.139. The lowest BCUT2D eigenvalue weighted by molar-refractivity contribution is -0.112. The third-order valence-electron chi connectivity index (χ3n) is 6.10. The molecule has 5 nitrogen and oxygen atoms in total. The molecular formula is C32H27ClN2O3. The Morgan fingerprint density at radius 1 is 1.08 bits per heavy atom. The standard InChI is InChI=1S/C32H27ClN2O3/c1-4-8-24-15-22(16-26(19-34)32(36)35-27-14-13-21(2)29(33)18-27)17-30(37-3)31(24)38-20-25-11-7-10-23-9-5-6-12-28(23)25/h4-7,9-18H,1,8,20H2,2-3H3,(H,35,36)/b26-16-. The highest BCUT2D eigenvalue weighted by Crippen LogP contribution is 2.35. The maximum atomic E-state index is 12.8. The van der Waals surface area contributed by atoms with Crippen LogP contribution in [-0.4, -0.2) is 13.0 Å². The van der Waals surface area contributed by atoms with Crippen LogP contribution >= 0.6 is 11.6 Å². The molecule has 190 valence electrons. The summed E-state index contributed by atoms with van der Waals surface area (Å²) in [5.74, 6) is 0.557. The third kappa shape index (κ3) is 6.05. The van der Waals surface area contributed by atoms with Crippen molar-refractivity contribution in [1.82, 2.24) is 0 Å². The molecular weight excluding hydrogens is 496 g/mol. The number of hydrogen-bond donors (Lipinski definition) is 1.